The van der Waals surface area contributed by atoms with Gasteiger partial charge in [-0.3, -0.25) is 14.6 Å². The van der Waals surface area contributed by atoms with Gasteiger partial charge in [-0.05, 0) is 19.1 Å². The summed E-state index contributed by atoms with van der Waals surface area (Å²) in [7, 11) is 0. The Bertz CT molecular complexity index is 967. The van der Waals surface area contributed by atoms with E-state index in [1.807, 2.05) is 4.98 Å². The molecule has 0 fully saturated rings. The fourth-order valence-corrected chi connectivity index (χ4v) is 2.06. The Morgan fingerprint density at radius 2 is 2.04 bits per heavy atom. The van der Waals surface area contributed by atoms with Crippen molar-refractivity contribution in [2.45, 2.75) is 13.0 Å². The molecule has 138 valence electrons. The van der Waals surface area contributed by atoms with Crippen molar-refractivity contribution in [1.29, 1.82) is 0 Å². The van der Waals surface area contributed by atoms with Crippen molar-refractivity contribution in [2.75, 3.05) is 12.3 Å². The van der Waals surface area contributed by atoms with Gasteiger partial charge in [0.15, 0.2) is 0 Å². The standard InChI is InChI=1S/C15H15FN4O6/c1-6(5-26-8-4-2-3-7(16)9(8)14(23)24)18-13(22)11-10(17)12(21)20-15(25)19-11/h2-4,6H,5,17H2,1H3,(H,18,22)(H,23,24)(H2,19,20,21,25). The minimum absolute atomic E-state index is 0.206. The number of carbonyl (C=O) groups is 2. The van der Waals surface area contributed by atoms with Crippen LogP contribution in [0.4, 0.5) is 10.1 Å². The maximum Gasteiger partial charge on any atom is 0.342 e. The number of hydrogen-bond donors (Lipinski definition) is 5. The van der Waals surface area contributed by atoms with Gasteiger partial charge in [0, 0.05) is 0 Å². The second-order valence-electron chi connectivity index (χ2n) is 5.30. The van der Waals surface area contributed by atoms with Crippen molar-refractivity contribution >= 4 is 17.6 Å². The highest BCUT2D eigenvalue weighted by Gasteiger charge is 2.19. The number of rotatable bonds is 6. The van der Waals surface area contributed by atoms with Gasteiger partial charge in [-0.25, -0.2) is 14.0 Å². The zero-order chi connectivity index (χ0) is 19.4. The highest BCUT2D eigenvalue weighted by atomic mass is 19.1. The minimum Gasteiger partial charge on any atom is -0.490 e. The SMILES string of the molecule is CC(COc1cccc(F)c1C(=O)O)NC(=O)c1[nH]c(=O)[nH]c(=O)c1N. The van der Waals surface area contributed by atoms with E-state index >= 15 is 0 Å². The van der Waals surface area contributed by atoms with Crippen LogP contribution in [0.15, 0.2) is 27.8 Å². The van der Waals surface area contributed by atoms with E-state index in [2.05, 4.69) is 10.3 Å². The summed E-state index contributed by atoms with van der Waals surface area (Å²) in [5.74, 6) is -3.49. The quantitative estimate of drug-likeness (QED) is 0.467. The summed E-state index contributed by atoms with van der Waals surface area (Å²) in [6.07, 6.45) is 0. The minimum atomic E-state index is -1.50. The molecule has 2 rings (SSSR count). The molecule has 10 nitrogen and oxygen atoms in total. The number of carboxylic acid groups (broad SMARTS) is 1. The number of aromatic amines is 2. The lowest BCUT2D eigenvalue weighted by atomic mass is 10.2. The molecular formula is C15H15FN4O6. The Labute approximate surface area is 144 Å². The molecule has 0 aliphatic heterocycles. The van der Waals surface area contributed by atoms with Crippen LogP contribution >= 0.6 is 0 Å². The van der Waals surface area contributed by atoms with Gasteiger partial charge >= 0.3 is 11.7 Å². The maximum atomic E-state index is 13.6. The summed E-state index contributed by atoms with van der Waals surface area (Å²) < 4.78 is 18.8. The number of aromatic nitrogens is 2. The molecule has 26 heavy (non-hydrogen) atoms. The van der Waals surface area contributed by atoms with Crippen LogP contribution in [-0.4, -0.2) is 39.6 Å². The summed E-state index contributed by atoms with van der Waals surface area (Å²) >= 11 is 0. The van der Waals surface area contributed by atoms with Gasteiger partial charge in [0.2, 0.25) is 0 Å². The second-order valence-corrected chi connectivity index (χ2v) is 5.30. The number of nitrogens with two attached hydrogens (primary N) is 1. The molecule has 1 unspecified atom stereocenters. The van der Waals surface area contributed by atoms with E-state index in [1.165, 1.54) is 19.1 Å². The summed E-state index contributed by atoms with van der Waals surface area (Å²) in [6.45, 7) is 1.31. The molecule has 0 saturated heterocycles. The number of carboxylic acids is 1. The number of anilines is 1. The molecule has 1 amide bonds. The fourth-order valence-electron chi connectivity index (χ4n) is 2.06. The molecule has 1 heterocycles. The van der Waals surface area contributed by atoms with E-state index < -0.39 is 51.9 Å². The molecule has 11 heteroatoms. The number of aromatic carboxylic acids is 1. The first-order chi connectivity index (χ1) is 12.2. The van der Waals surface area contributed by atoms with Crippen molar-refractivity contribution in [3.63, 3.8) is 0 Å². The van der Waals surface area contributed by atoms with Gasteiger partial charge in [0.05, 0.1) is 6.04 Å². The molecule has 2 aromatic rings. The zero-order valence-corrected chi connectivity index (χ0v) is 13.5. The van der Waals surface area contributed by atoms with E-state index in [0.717, 1.165) is 6.07 Å². The largest absolute Gasteiger partial charge is 0.490 e. The molecule has 0 aliphatic rings. The molecule has 0 radical (unpaired) electrons. The lowest BCUT2D eigenvalue weighted by Gasteiger charge is -2.16. The third kappa shape index (κ3) is 4.06. The predicted octanol–water partition coefficient (Wildman–Crippen LogP) is -0.320. The highest BCUT2D eigenvalue weighted by Crippen LogP contribution is 2.21. The number of benzene rings is 1. The summed E-state index contributed by atoms with van der Waals surface area (Å²) in [5, 5.41) is 11.4. The third-order valence-corrected chi connectivity index (χ3v) is 3.26. The molecule has 0 aliphatic carbocycles. The Hall–Kier alpha value is -3.63. The molecule has 1 aromatic carbocycles. The molecule has 0 spiro atoms. The van der Waals surface area contributed by atoms with Crippen LogP contribution in [0.3, 0.4) is 0 Å². The fraction of sp³-hybridized carbons (Fsp3) is 0.200. The number of amides is 1. The first-order valence-electron chi connectivity index (χ1n) is 7.28. The van der Waals surface area contributed by atoms with Crippen LogP contribution < -0.4 is 27.0 Å². The topological polar surface area (TPSA) is 167 Å². The molecule has 1 atom stereocenters. The van der Waals surface area contributed by atoms with Crippen molar-refractivity contribution in [1.82, 2.24) is 15.3 Å². The van der Waals surface area contributed by atoms with Crippen LogP contribution in [0.25, 0.3) is 0 Å². The van der Waals surface area contributed by atoms with Gasteiger partial charge in [0.25, 0.3) is 11.5 Å². The van der Waals surface area contributed by atoms with E-state index in [1.54, 1.807) is 0 Å². The van der Waals surface area contributed by atoms with Crippen molar-refractivity contribution in [3.8, 4) is 5.75 Å². The zero-order valence-electron chi connectivity index (χ0n) is 13.5. The van der Waals surface area contributed by atoms with Gasteiger partial charge in [-0.2, -0.15) is 0 Å². The number of hydrogen-bond acceptors (Lipinski definition) is 6. The molecule has 1 aromatic heterocycles. The van der Waals surface area contributed by atoms with Crippen LogP contribution in [-0.2, 0) is 0 Å². The molecule has 0 saturated carbocycles. The van der Waals surface area contributed by atoms with Gasteiger partial charge in [-0.1, -0.05) is 6.07 Å². The molecule has 6 N–H and O–H groups in total. The Kier molecular flexibility index (Phi) is 5.40. The maximum absolute atomic E-state index is 13.6. The summed E-state index contributed by atoms with van der Waals surface area (Å²) in [6, 6.07) is 2.85. The van der Waals surface area contributed by atoms with E-state index in [0.29, 0.717) is 0 Å². The number of nitrogen functional groups attached to an aromatic ring is 1. The van der Waals surface area contributed by atoms with Crippen LogP contribution in [0.1, 0.15) is 27.8 Å². The summed E-state index contributed by atoms with van der Waals surface area (Å²) in [5.41, 5.74) is 2.13. The third-order valence-electron chi connectivity index (χ3n) is 3.26. The number of nitrogens with one attached hydrogen (secondary N) is 3. The smallest absolute Gasteiger partial charge is 0.342 e. The van der Waals surface area contributed by atoms with Crippen LogP contribution in [0.5, 0.6) is 5.75 Å². The van der Waals surface area contributed by atoms with Gasteiger partial charge in [-0.15, -0.1) is 0 Å². The lowest BCUT2D eigenvalue weighted by molar-refractivity contribution is 0.0684. The Morgan fingerprint density at radius 1 is 1.35 bits per heavy atom. The number of halogens is 1. The predicted molar refractivity (Wildman–Crippen MR) is 87.9 cm³/mol. The van der Waals surface area contributed by atoms with E-state index in [-0.39, 0.29) is 12.4 Å². The Balaban J connectivity index is 2.09. The van der Waals surface area contributed by atoms with Crippen molar-refractivity contribution in [2.24, 2.45) is 0 Å². The van der Waals surface area contributed by atoms with E-state index in [4.69, 9.17) is 15.6 Å². The van der Waals surface area contributed by atoms with Crippen LogP contribution in [0, 0.1) is 5.82 Å². The normalized spacial score (nSPS) is 11.6. The summed E-state index contributed by atoms with van der Waals surface area (Å²) in [4.78, 5) is 49.8. The average molecular weight is 366 g/mol. The number of H-pyrrole nitrogens is 2. The van der Waals surface area contributed by atoms with Crippen molar-refractivity contribution in [3.05, 3.63) is 56.1 Å². The Morgan fingerprint density at radius 3 is 2.69 bits per heavy atom. The highest BCUT2D eigenvalue weighted by molar-refractivity contribution is 5.97. The average Bonchev–Trinajstić information content (AvgIpc) is 2.55. The monoisotopic (exact) mass is 366 g/mol. The van der Waals surface area contributed by atoms with Gasteiger partial charge in [0.1, 0.15) is 35.1 Å². The van der Waals surface area contributed by atoms with Crippen molar-refractivity contribution < 1.29 is 23.8 Å². The molecular weight excluding hydrogens is 351 g/mol. The first kappa shape index (κ1) is 18.7. The number of ether oxygens (including phenoxy) is 1. The first-order valence-corrected chi connectivity index (χ1v) is 7.28. The number of carbonyl (C=O) groups excluding carboxylic acids is 1. The molecule has 0 bridgehead atoms. The second kappa shape index (κ2) is 7.51. The van der Waals surface area contributed by atoms with E-state index in [9.17, 15) is 23.6 Å². The van der Waals surface area contributed by atoms with Gasteiger partial charge < -0.3 is 25.9 Å². The lowest BCUT2D eigenvalue weighted by Crippen LogP contribution is -2.40. The van der Waals surface area contributed by atoms with Crippen LogP contribution in [0.2, 0.25) is 0 Å².